The van der Waals surface area contributed by atoms with Gasteiger partial charge in [0.15, 0.2) is 5.84 Å². The van der Waals surface area contributed by atoms with Crippen LogP contribution in [-0.4, -0.2) is 11.7 Å². The molecule has 0 fully saturated rings. The summed E-state index contributed by atoms with van der Waals surface area (Å²) >= 11 is 0. The molecule has 0 bridgehead atoms. The minimum absolute atomic E-state index is 0.512. The van der Waals surface area contributed by atoms with Crippen LogP contribution >= 0.6 is 0 Å². The fourth-order valence-electron chi connectivity index (χ4n) is 8.65. The maximum atomic E-state index is 6.81. The van der Waals surface area contributed by atoms with Gasteiger partial charge in [-0.3, -0.25) is 0 Å². The lowest BCUT2D eigenvalue weighted by molar-refractivity contribution is 0.663. The lowest BCUT2D eigenvalue weighted by atomic mass is 9.93. The second-order valence-corrected chi connectivity index (χ2v) is 14.6. The van der Waals surface area contributed by atoms with E-state index in [1.54, 1.807) is 0 Å². The van der Waals surface area contributed by atoms with Crippen LogP contribution in [0.1, 0.15) is 22.9 Å². The van der Waals surface area contributed by atoms with Gasteiger partial charge >= 0.3 is 0 Å². The molecule has 56 heavy (non-hydrogen) atoms. The van der Waals surface area contributed by atoms with Crippen LogP contribution < -0.4 is 5.32 Å². The molecule has 1 aliphatic heterocycles. The predicted molar refractivity (Wildman–Crippen MR) is 231 cm³/mol. The Morgan fingerprint density at radius 3 is 1.95 bits per heavy atom. The standard InChI is InChI=1S/C51H31N3O2/c1-2-13-32-25-35(24-23-30(32)11-1)49-52-50(40-20-10-22-44-47(40)39-18-7-8-21-43(39)55-44)54-51(53-49)42-27-36(38-19-9-16-31-12-5-6-17-37(31)38)29-46-48(42)41-26-33-14-3-4-15-34(33)28-45(41)56-46/h1-29,51H,(H,52,53,54). The third-order valence-electron chi connectivity index (χ3n) is 11.3. The van der Waals surface area contributed by atoms with Crippen molar-refractivity contribution in [2.24, 2.45) is 9.98 Å². The molecule has 1 N–H and O–H groups in total. The highest BCUT2D eigenvalue weighted by atomic mass is 16.3. The molecule has 3 heterocycles. The molecule has 11 aromatic rings. The Morgan fingerprint density at radius 1 is 0.411 bits per heavy atom. The summed E-state index contributed by atoms with van der Waals surface area (Å²) in [6, 6.07) is 61.6. The number of para-hydroxylation sites is 1. The Balaban J connectivity index is 1.15. The molecule has 262 valence electrons. The molecule has 0 radical (unpaired) electrons. The van der Waals surface area contributed by atoms with Crippen molar-refractivity contribution in [2.45, 2.75) is 6.17 Å². The zero-order valence-electron chi connectivity index (χ0n) is 30.0. The van der Waals surface area contributed by atoms with Crippen LogP contribution in [0.25, 0.3) is 87.3 Å². The topological polar surface area (TPSA) is 63.0 Å². The van der Waals surface area contributed by atoms with Crippen molar-refractivity contribution in [3.63, 3.8) is 0 Å². The SMILES string of the molecule is c1ccc2cc(C3=NC(c4cccc5oc6ccccc6c45)=NC(c4cc(-c5cccc6ccccc56)cc5oc6cc7ccccc7cc6c45)N3)ccc2c1. The van der Waals surface area contributed by atoms with Crippen molar-refractivity contribution < 1.29 is 8.83 Å². The summed E-state index contributed by atoms with van der Waals surface area (Å²) in [5.41, 5.74) is 8.39. The Kier molecular flexibility index (Phi) is 6.63. The second kappa shape index (κ2) is 12.0. The molecular weight excluding hydrogens is 687 g/mol. The summed E-state index contributed by atoms with van der Waals surface area (Å²) in [6.45, 7) is 0. The van der Waals surface area contributed by atoms with Crippen molar-refractivity contribution in [1.29, 1.82) is 0 Å². The van der Waals surface area contributed by atoms with Gasteiger partial charge in [-0.2, -0.15) is 0 Å². The number of benzene rings is 9. The maximum Gasteiger partial charge on any atom is 0.160 e. The van der Waals surface area contributed by atoms with Crippen molar-refractivity contribution in [3.8, 4) is 11.1 Å². The number of hydrogen-bond acceptors (Lipinski definition) is 5. The Hall–Kier alpha value is -7.50. The van der Waals surface area contributed by atoms with E-state index in [0.29, 0.717) is 5.84 Å². The Labute approximate surface area is 320 Å². The van der Waals surface area contributed by atoms with Gasteiger partial charge in [-0.1, -0.05) is 133 Å². The molecule has 1 atom stereocenters. The van der Waals surface area contributed by atoms with Crippen molar-refractivity contribution in [1.82, 2.24) is 5.32 Å². The second-order valence-electron chi connectivity index (χ2n) is 14.6. The molecule has 0 amide bonds. The highest BCUT2D eigenvalue weighted by Crippen LogP contribution is 2.42. The lowest BCUT2D eigenvalue weighted by Gasteiger charge is -2.25. The maximum absolute atomic E-state index is 6.81. The van der Waals surface area contributed by atoms with E-state index in [4.69, 9.17) is 18.8 Å². The van der Waals surface area contributed by atoms with E-state index in [1.165, 1.54) is 16.2 Å². The number of furan rings is 2. The van der Waals surface area contributed by atoms with E-state index in [9.17, 15) is 0 Å². The molecular formula is C51H31N3O2. The molecule has 0 saturated carbocycles. The van der Waals surface area contributed by atoms with E-state index in [1.807, 2.05) is 30.3 Å². The molecule has 2 aromatic heterocycles. The van der Waals surface area contributed by atoms with Crippen LogP contribution in [0.4, 0.5) is 0 Å². The minimum Gasteiger partial charge on any atom is -0.456 e. The monoisotopic (exact) mass is 717 g/mol. The molecule has 12 rings (SSSR count). The first-order valence-electron chi connectivity index (χ1n) is 18.9. The van der Waals surface area contributed by atoms with E-state index >= 15 is 0 Å². The average molecular weight is 718 g/mol. The molecule has 5 nitrogen and oxygen atoms in total. The van der Waals surface area contributed by atoms with Gasteiger partial charge in [0.25, 0.3) is 0 Å². The van der Waals surface area contributed by atoms with Gasteiger partial charge in [0.05, 0.1) is 0 Å². The predicted octanol–water partition coefficient (Wildman–Crippen LogP) is 13.1. The van der Waals surface area contributed by atoms with Crippen LogP contribution in [0.15, 0.2) is 195 Å². The van der Waals surface area contributed by atoms with Gasteiger partial charge in [-0.25, -0.2) is 9.98 Å². The molecule has 5 heteroatoms. The average Bonchev–Trinajstić information content (AvgIpc) is 3.82. The smallest absolute Gasteiger partial charge is 0.160 e. The van der Waals surface area contributed by atoms with Crippen LogP contribution in [0, 0.1) is 0 Å². The highest BCUT2D eigenvalue weighted by Gasteiger charge is 2.27. The normalized spacial score (nSPS) is 14.6. The zero-order valence-corrected chi connectivity index (χ0v) is 30.0. The number of amidine groups is 2. The highest BCUT2D eigenvalue weighted by molar-refractivity contribution is 6.22. The first-order valence-corrected chi connectivity index (χ1v) is 18.9. The summed E-state index contributed by atoms with van der Waals surface area (Å²) in [5, 5.41) is 14.9. The molecule has 0 saturated heterocycles. The largest absolute Gasteiger partial charge is 0.456 e. The summed E-state index contributed by atoms with van der Waals surface area (Å²) < 4.78 is 13.2. The summed E-state index contributed by atoms with van der Waals surface area (Å²) in [5.74, 6) is 1.38. The van der Waals surface area contributed by atoms with Crippen LogP contribution in [-0.2, 0) is 0 Å². The van der Waals surface area contributed by atoms with Gasteiger partial charge in [-0.05, 0) is 85.9 Å². The van der Waals surface area contributed by atoms with Crippen molar-refractivity contribution in [3.05, 3.63) is 193 Å². The minimum atomic E-state index is -0.512. The van der Waals surface area contributed by atoms with Crippen molar-refractivity contribution >= 4 is 87.9 Å². The van der Waals surface area contributed by atoms with Crippen molar-refractivity contribution in [2.75, 3.05) is 0 Å². The van der Waals surface area contributed by atoms with Gasteiger partial charge in [-0.15, -0.1) is 0 Å². The summed E-state index contributed by atoms with van der Waals surface area (Å²) in [7, 11) is 0. The van der Waals surface area contributed by atoms with Crippen LogP contribution in [0.3, 0.4) is 0 Å². The fraction of sp³-hybridized carbons (Fsp3) is 0.0196. The first-order chi connectivity index (χ1) is 27.7. The van der Waals surface area contributed by atoms with E-state index in [-0.39, 0.29) is 0 Å². The number of hydrogen-bond donors (Lipinski definition) is 1. The van der Waals surface area contributed by atoms with E-state index in [2.05, 4.69) is 151 Å². The van der Waals surface area contributed by atoms with E-state index < -0.39 is 6.17 Å². The number of aliphatic imine (C=N–C) groups is 2. The van der Waals surface area contributed by atoms with Crippen LogP contribution in [0.2, 0.25) is 0 Å². The third-order valence-corrected chi connectivity index (χ3v) is 11.3. The van der Waals surface area contributed by atoms with Gasteiger partial charge in [0.1, 0.15) is 34.3 Å². The van der Waals surface area contributed by atoms with Crippen LogP contribution in [0.5, 0.6) is 0 Å². The first kappa shape index (κ1) is 30.9. The zero-order chi connectivity index (χ0) is 36.7. The Bertz CT molecular complexity index is 3470. The Morgan fingerprint density at radius 2 is 1.07 bits per heavy atom. The quantitative estimate of drug-likeness (QED) is 0.197. The number of rotatable bonds is 4. The lowest BCUT2D eigenvalue weighted by Crippen LogP contribution is -2.33. The molecule has 0 spiro atoms. The molecule has 0 aliphatic carbocycles. The number of fused-ring (bicyclic) bond motifs is 9. The van der Waals surface area contributed by atoms with Gasteiger partial charge < -0.3 is 14.2 Å². The fourth-order valence-corrected chi connectivity index (χ4v) is 8.65. The molecule has 1 unspecified atom stereocenters. The number of nitrogens with one attached hydrogen (secondary N) is 1. The summed E-state index contributed by atoms with van der Waals surface area (Å²) in [6.07, 6.45) is -0.512. The van der Waals surface area contributed by atoms with Gasteiger partial charge in [0.2, 0.25) is 0 Å². The third kappa shape index (κ3) is 4.81. The molecule has 9 aromatic carbocycles. The molecule has 1 aliphatic rings. The number of nitrogens with zero attached hydrogens (tertiary/aromatic N) is 2. The summed E-state index contributed by atoms with van der Waals surface area (Å²) in [4.78, 5) is 10.9. The van der Waals surface area contributed by atoms with E-state index in [0.717, 1.165) is 93.7 Å². The van der Waals surface area contributed by atoms with Gasteiger partial charge in [0, 0.05) is 38.2 Å².